The fraction of sp³-hybridized carbons (Fsp3) is 0.308. The van der Waals surface area contributed by atoms with Crippen LogP contribution in [0.25, 0.3) is 11.3 Å². The average Bonchev–Trinajstić information content (AvgIpc) is 2.89. The first-order valence-electron chi connectivity index (χ1n) is 6.20. The number of hydrogen-bond acceptors (Lipinski definition) is 3. The second-order valence-corrected chi connectivity index (χ2v) is 4.48. The summed E-state index contributed by atoms with van der Waals surface area (Å²) in [4.78, 5) is 9.44. The molecular formula is C13H14F2N4. The van der Waals surface area contributed by atoms with Crippen molar-refractivity contribution in [3.05, 3.63) is 36.0 Å². The Morgan fingerprint density at radius 3 is 2.68 bits per heavy atom. The Kier molecular flexibility index (Phi) is 3.16. The lowest BCUT2D eigenvalue weighted by atomic mass is 10.1. The van der Waals surface area contributed by atoms with E-state index in [1.54, 1.807) is 6.20 Å². The number of aromatic nitrogens is 2. The van der Waals surface area contributed by atoms with Crippen LogP contribution in [0, 0.1) is 11.6 Å². The zero-order valence-electron chi connectivity index (χ0n) is 10.3. The van der Waals surface area contributed by atoms with Crippen LogP contribution in [0.4, 0.5) is 14.7 Å². The molecular weight excluding hydrogens is 250 g/mol. The Labute approximate surface area is 109 Å². The maximum atomic E-state index is 13.7. The molecule has 0 bridgehead atoms. The highest BCUT2D eigenvalue weighted by molar-refractivity contribution is 5.61. The Balaban J connectivity index is 1.87. The van der Waals surface area contributed by atoms with Crippen LogP contribution in [0.1, 0.15) is 0 Å². The van der Waals surface area contributed by atoms with Gasteiger partial charge in [0.1, 0.15) is 11.6 Å². The Morgan fingerprint density at radius 1 is 1.16 bits per heavy atom. The molecule has 0 atom stereocenters. The van der Waals surface area contributed by atoms with E-state index in [0.717, 1.165) is 38.2 Å². The normalized spacial score (nSPS) is 15.8. The molecule has 6 heteroatoms. The van der Waals surface area contributed by atoms with Gasteiger partial charge in [-0.15, -0.1) is 0 Å². The van der Waals surface area contributed by atoms with Gasteiger partial charge in [0, 0.05) is 37.8 Å². The molecule has 4 nitrogen and oxygen atoms in total. The number of rotatable bonds is 2. The SMILES string of the molecule is Fc1ccc(-c2cnc(N3CCNCC3)[nH]2)c(F)c1. The van der Waals surface area contributed by atoms with E-state index in [1.807, 2.05) is 0 Å². The highest BCUT2D eigenvalue weighted by atomic mass is 19.1. The smallest absolute Gasteiger partial charge is 0.203 e. The van der Waals surface area contributed by atoms with Crippen LogP contribution in [0.5, 0.6) is 0 Å². The van der Waals surface area contributed by atoms with Crippen LogP contribution in [0.3, 0.4) is 0 Å². The summed E-state index contributed by atoms with van der Waals surface area (Å²) < 4.78 is 26.6. The van der Waals surface area contributed by atoms with Crippen molar-refractivity contribution in [2.45, 2.75) is 0 Å². The summed E-state index contributed by atoms with van der Waals surface area (Å²) in [7, 11) is 0. The van der Waals surface area contributed by atoms with Crippen LogP contribution in [0.15, 0.2) is 24.4 Å². The van der Waals surface area contributed by atoms with Crippen LogP contribution in [0.2, 0.25) is 0 Å². The molecule has 1 aromatic carbocycles. The largest absolute Gasteiger partial charge is 0.340 e. The molecule has 1 aliphatic heterocycles. The van der Waals surface area contributed by atoms with Gasteiger partial charge in [-0.3, -0.25) is 0 Å². The van der Waals surface area contributed by atoms with Crippen molar-refractivity contribution < 1.29 is 8.78 Å². The molecule has 2 aromatic rings. The zero-order valence-corrected chi connectivity index (χ0v) is 10.3. The molecule has 0 unspecified atom stereocenters. The van der Waals surface area contributed by atoms with Gasteiger partial charge in [-0.05, 0) is 12.1 Å². The predicted molar refractivity (Wildman–Crippen MR) is 69.0 cm³/mol. The maximum absolute atomic E-state index is 13.7. The summed E-state index contributed by atoms with van der Waals surface area (Å²) in [6.07, 6.45) is 1.58. The van der Waals surface area contributed by atoms with Crippen LogP contribution < -0.4 is 10.2 Å². The Bertz CT molecular complexity index is 576. The van der Waals surface area contributed by atoms with E-state index in [0.29, 0.717) is 11.3 Å². The van der Waals surface area contributed by atoms with Gasteiger partial charge in [0.2, 0.25) is 5.95 Å². The Hall–Kier alpha value is -1.95. The molecule has 1 aromatic heterocycles. The number of imidazole rings is 1. The summed E-state index contributed by atoms with van der Waals surface area (Å²) in [5, 5.41) is 3.25. The molecule has 1 aliphatic rings. The molecule has 100 valence electrons. The third-order valence-corrected chi connectivity index (χ3v) is 3.20. The minimum Gasteiger partial charge on any atom is -0.340 e. The van der Waals surface area contributed by atoms with E-state index < -0.39 is 11.6 Å². The number of nitrogens with zero attached hydrogens (tertiary/aromatic N) is 2. The molecule has 0 spiro atoms. The number of benzene rings is 1. The summed E-state index contributed by atoms with van der Waals surface area (Å²) in [5.41, 5.74) is 0.890. The topological polar surface area (TPSA) is 44.0 Å². The summed E-state index contributed by atoms with van der Waals surface area (Å²) >= 11 is 0. The van der Waals surface area contributed by atoms with Crippen molar-refractivity contribution in [2.24, 2.45) is 0 Å². The third kappa shape index (κ3) is 2.44. The lowest BCUT2D eigenvalue weighted by Crippen LogP contribution is -2.44. The Morgan fingerprint density at radius 2 is 1.95 bits per heavy atom. The van der Waals surface area contributed by atoms with E-state index in [2.05, 4.69) is 20.2 Å². The van der Waals surface area contributed by atoms with Gasteiger partial charge in [-0.2, -0.15) is 0 Å². The third-order valence-electron chi connectivity index (χ3n) is 3.20. The molecule has 0 aliphatic carbocycles. The number of aromatic amines is 1. The van der Waals surface area contributed by atoms with E-state index in [9.17, 15) is 8.78 Å². The summed E-state index contributed by atoms with van der Waals surface area (Å²) in [6, 6.07) is 3.53. The van der Waals surface area contributed by atoms with Gasteiger partial charge in [-0.25, -0.2) is 13.8 Å². The first-order chi connectivity index (χ1) is 9.24. The number of anilines is 1. The quantitative estimate of drug-likeness (QED) is 0.868. The van der Waals surface area contributed by atoms with E-state index >= 15 is 0 Å². The molecule has 0 saturated carbocycles. The van der Waals surface area contributed by atoms with Crippen molar-refractivity contribution in [2.75, 3.05) is 31.1 Å². The van der Waals surface area contributed by atoms with E-state index in [1.165, 1.54) is 12.1 Å². The van der Waals surface area contributed by atoms with Gasteiger partial charge in [-0.1, -0.05) is 0 Å². The molecule has 2 heterocycles. The van der Waals surface area contributed by atoms with Crippen molar-refractivity contribution >= 4 is 5.95 Å². The number of nitrogens with one attached hydrogen (secondary N) is 2. The lowest BCUT2D eigenvalue weighted by molar-refractivity contribution is 0.581. The zero-order chi connectivity index (χ0) is 13.2. The monoisotopic (exact) mass is 264 g/mol. The van der Waals surface area contributed by atoms with Gasteiger partial charge < -0.3 is 15.2 Å². The lowest BCUT2D eigenvalue weighted by Gasteiger charge is -2.26. The second kappa shape index (κ2) is 4.97. The maximum Gasteiger partial charge on any atom is 0.203 e. The number of H-pyrrole nitrogens is 1. The van der Waals surface area contributed by atoms with Gasteiger partial charge in [0.25, 0.3) is 0 Å². The number of piperazine rings is 1. The van der Waals surface area contributed by atoms with Crippen molar-refractivity contribution in [3.63, 3.8) is 0 Å². The van der Waals surface area contributed by atoms with Crippen molar-refractivity contribution in [1.29, 1.82) is 0 Å². The molecule has 0 amide bonds. The fourth-order valence-electron chi connectivity index (χ4n) is 2.19. The second-order valence-electron chi connectivity index (χ2n) is 4.48. The molecule has 2 N–H and O–H groups in total. The molecule has 3 rings (SSSR count). The van der Waals surface area contributed by atoms with Crippen molar-refractivity contribution in [3.8, 4) is 11.3 Å². The first kappa shape index (κ1) is 12.1. The predicted octanol–water partition coefficient (Wildman–Crippen LogP) is 1.76. The van der Waals surface area contributed by atoms with Gasteiger partial charge >= 0.3 is 0 Å². The standard InChI is InChI=1S/C13H14F2N4/c14-9-1-2-10(11(15)7-9)12-8-17-13(18-12)19-5-3-16-4-6-19/h1-2,7-8,16H,3-6H2,(H,17,18). The minimum atomic E-state index is -0.587. The van der Waals surface area contributed by atoms with Crippen LogP contribution in [-0.2, 0) is 0 Å². The van der Waals surface area contributed by atoms with Gasteiger partial charge in [0.05, 0.1) is 11.9 Å². The molecule has 1 fully saturated rings. The molecule has 19 heavy (non-hydrogen) atoms. The number of halogens is 2. The first-order valence-corrected chi connectivity index (χ1v) is 6.20. The minimum absolute atomic E-state index is 0.329. The van der Waals surface area contributed by atoms with Crippen LogP contribution in [-0.4, -0.2) is 36.1 Å². The van der Waals surface area contributed by atoms with E-state index in [-0.39, 0.29) is 0 Å². The average molecular weight is 264 g/mol. The molecule has 1 saturated heterocycles. The van der Waals surface area contributed by atoms with Gasteiger partial charge in [0.15, 0.2) is 0 Å². The summed E-state index contributed by atoms with van der Waals surface area (Å²) in [6.45, 7) is 3.53. The van der Waals surface area contributed by atoms with E-state index in [4.69, 9.17) is 0 Å². The highest BCUT2D eigenvalue weighted by Gasteiger charge is 2.15. The van der Waals surface area contributed by atoms with Crippen LogP contribution >= 0.6 is 0 Å². The summed E-state index contributed by atoms with van der Waals surface area (Å²) in [5.74, 6) is -0.446. The highest BCUT2D eigenvalue weighted by Crippen LogP contribution is 2.23. The van der Waals surface area contributed by atoms with Crippen molar-refractivity contribution in [1.82, 2.24) is 15.3 Å². The molecule has 0 radical (unpaired) electrons. The number of hydrogen-bond donors (Lipinski definition) is 2. The fourth-order valence-corrected chi connectivity index (χ4v) is 2.19.